The van der Waals surface area contributed by atoms with Gasteiger partial charge < -0.3 is 4.74 Å². The molecular weight excluding hydrogens is 494 g/mol. The lowest BCUT2D eigenvalue weighted by molar-refractivity contribution is 0.0955. The largest absolute Gasteiger partial charge is 0.496 e. The van der Waals surface area contributed by atoms with Gasteiger partial charge in [0.2, 0.25) is 0 Å². The molecule has 1 N–H and O–H groups in total. The SMILES string of the molecule is COc1cc(C(=O)N/N=C\c2ccc(I)cc2)ccc1I. The Bertz CT molecular complexity index is 670. The molecule has 0 radical (unpaired) electrons. The molecule has 2 aromatic rings. The molecule has 0 spiro atoms. The first kappa shape index (κ1) is 16.2. The molecule has 0 aliphatic rings. The third kappa shape index (κ3) is 4.67. The van der Waals surface area contributed by atoms with Gasteiger partial charge in [0.25, 0.3) is 5.91 Å². The second-order valence-electron chi connectivity index (χ2n) is 4.10. The minimum absolute atomic E-state index is 0.272. The minimum atomic E-state index is -0.272. The van der Waals surface area contributed by atoms with Gasteiger partial charge in [0.1, 0.15) is 5.75 Å². The van der Waals surface area contributed by atoms with Crippen molar-refractivity contribution in [3.63, 3.8) is 0 Å². The van der Waals surface area contributed by atoms with E-state index >= 15 is 0 Å². The summed E-state index contributed by atoms with van der Waals surface area (Å²) in [6, 6.07) is 13.1. The topological polar surface area (TPSA) is 50.7 Å². The summed E-state index contributed by atoms with van der Waals surface area (Å²) in [5.41, 5.74) is 3.94. The molecular formula is C15H12I2N2O2. The van der Waals surface area contributed by atoms with Crippen LogP contribution in [0.3, 0.4) is 0 Å². The molecule has 0 aliphatic heterocycles. The van der Waals surface area contributed by atoms with Gasteiger partial charge in [-0.1, -0.05) is 12.1 Å². The summed E-state index contributed by atoms with van der Waals surface area (Å²) in [5.74, 6) is 0.399. The maximum absolute atomic E-state index is 12.0. The number of carbonyl (C=O) groups excluding carboxylic acids is 1. The second-order valence-corrected chi connectivity index (χ2v) is 6.51. The molecule has 4 nitrogen and oxygen atoms in total. The van der Waals surface area contributed by atoms with E-state index in [4.69, 9.17) is 4.74 Å². The highest BCUT2D eigenvalue weighted by molar-refractivity contribution is 14.1. The van der Waals surface area contributed by atoms with Gasteiger partial charge >= 0.3 is 0 Å². The molecule has 0 aromatic heterocycles. The van der Waals surface area contributed by atoms with Gasteiger partial charge in [-0.05, 0) is 81.1 Å². The number of halogens is 2. The van der Waals surface area contributed by atoms with Crippen LogP contribution in [0.1, 0.15) is 15.9 Å². The van der Waals surface area contributed by atoms with Crippen LogP contribution in [0.2, 0.25) is 0 Å². The average Bonchev–Trinajstić information content (AvgIpc) is 2.49. The van der Waals surface area contributed by atoms with Crippen molar-refractivity contribution < 1.29 is 9.53 Å². The van der Waals surface area contributed by atoms with E-state index in [2.05, 4.69) is 55.7 Å². The van der Waals surface area contributed by atoms with E-state index in [-0.39, 0.29) is 5.91 Å². The fraction of sp³-hybridized carbons (Fsp3) is 0.0667. The molecule has 0 bridgehead atoms. The Morgan fingerprint density at radius 2 is 1.90 bits per heavy atom. The Balaban J connectivity index is 2.03. The smallest absolute Gasteiger partial charge is 0.271 e. The predicted octanol–water partition coefficient (Wildman–Crippen LogP) is 3.67. The van der Waals surface area contributed by atoms with Gasteiger partial charge in [-0.15, -0.1) is 0 Å². The molecule has 0 saturated carbocycles. The Hall–Kier alpha value is -1.16. The maximum atomic E-state index is 12.0. The third-order valence-corrected chi connectivity index (χ3v) is 4.27. The van der Waals surface area contributed by atoms with Crippen LogP contribution in [0.4, 0.5) is 0 Å². The fourth-order valence-corrected chi connectivity index (χ4v) is 2.50. The second kappa shape index (κ2) is 7.74. The molecule has 108 valence electrons. The Kier molecular flexibility index (Phi) is 5.97. The van der Waals surface area contributed by atoms with E-state index in [1.165, 1.54) is 0 Å². The number of nitrogens with zero attached hydrogens (tertiary/aromatic N) is 1. The number of ether oxygens (including phenoxy) is 1. The summed E-state index contributed by atoms with van der Waals surface area (Å²) in [6.07, 6.45) is 1.61. The van der Waals surface area contributed by atoms with Crippen LogP contribution in [0.5, 0.6) is 5.75 Å². The zero-order chi connectivity index (χ0) is 15.2. The zero-order valence-electron chi connectivity index (χ0n) is 11.1. The Morgan fingerprint density at radius 1 is 1.19 bits per heavy atom. The predicted molar refractivity (Wildman–Crippen MR) is 99.9 cm³/mol. The first-order valence-corrected chi connectivity index (χ1v) is 8.18. The number of rotatable bonds is 4. The van der Waals surface area contributed by atoms with E-state index in [0.29, 0.717) is 11.3 Å². The van der Waals surface area contributed by atoms with Crippen LogP contribution >= 0.6 is 45.2 Å². The molecule has 6 heteroatoms. The number of carbonyl (C=O) groups is 1. The van der Waals surface area contributed by atoms with Crippen LogP contribution in [0.15, 0.2) is 47.6 Å². The lowest BCUT2D eigenvalue weighted by atomic mass is 10.2. The van der Waals surface area contributed by atoms with Crippen LogP contribution in [-0.2, 0) is 0 Å². The van der Waals surface area contributed by atoms with Crippen molar-refractivity contribution in [3.05, 3.63) is 60.7 Å². The Labute approximate surface area is 150 Å². The molecule has 0 heterocycles. The quantitative estimate of drug-likeness (QED) is 0.391. The van der Waals surface area contributed by atoms with Crippen molar-refractivity contribution in [2.75, 3.05) is 7.11 Å². The summed E-state index contributed by atoms with van der Waals surface area (Å²) in [5, 5.41) is 3.96. The van der Waals surface area contributed by atoms with Crippen molar-refractivity contribution in [3.8, 4) is 5.75 Å². The monoisotopic (exact) mass is 506 g/mol. The molecule has 0 unspecified atom stereocenters. The molecule has 2 aromatic carbocycles. The lowest BCUT2D eigenvalue weighted by Gasteiger charge is -2.05. The van der Waals surface area contributed by atoms with Crippen LogP contribution < -0.4 is 10.2 Å². The van der Waals surface area contributed by atoms with Crippen molar-refractivity contribution in [1.29, 1.82) is 0 Å². The van der Waals surface area contributed by atoms with Gasteiger partial charge in [0, 0.05) is 9.13 Å². The summed E-state index contributed by atoms with van der Waals surface area (Å²) >= 11 is 4.39. The van der Waals surface area contributed by atoms with Crippen LogP contribution in [0.25, 0.3) is 0 Å². The number of hydrazone groups is 1. The number of hydrogen-bond acceptors (Lipinski definition) is 3. The standard InChI is InChI=1S/C15H12I2N2O2/c1-21-14-8-11(4-7-13(14)17)15(20)19-18-9-10-2-5-12(16)6-3-10/h2-9H,1H3,(H,19,20)/b18-9-. The van der Waals surface area contributed by atoms with Crippen LogP contribution in [0, 0.1) is 7.14 Å². The fourth-order valence-electron chi connectivity index (χ4n) is 1.58. The van der Waals surface area contributed by atoms with E-state index < -0.39 is 0 Å². The summed E-state index contributed by atoms with van der Waals surface area (Å²) in [4.78, 5) is 12.0. The first-order valence-electron chi connectivity index (χ1n) is 6.02. The van der Waals surface area contributed by atoms with Gasteiger partial charge in [0.15, 0.2) is 0 Å². The molecule has 1 amide bonds. The van der Waals surface area contributed by atoms with E-state index in [1.54, 1.807) is 25.5 Å². The normalized spacial score (nSPS) is 10.6. The maximum Gasteiger partial charge on any atom is 0.271 e. The van der Waals surface area contributed by atoms with Crippen molar-refractivity contribution in [2.24, 2.45) is 5.10 Å². The average molecular weight is 506 g/mol. The molecule has 0 atom stereocenters. The lowest BCUT2D eigenvalue weighted by Crippen LogP contribution is -2.17. The molecule has 21 heavy (non-hydrogen) atoms. The number of nitrogens with one attached hydrogen (secondary N) is 1. The highest BCUT2D eigenvalue weighted by atomic mass is 127. The number of benzene rings is 2. The van der Waals surface area contributed by atoms with Gasteiger partial charge in [-0.3, -0.25) is 4.79 Å². The van der Waals surface area contributed by atoms with Gasteiger partial charge in [-0.25, -0.2) is 5.43 Å². The number of hydrogen-bond donors (Lipinski definition) is 1. The highest BCUT2D eigenvalue weighted by Gasteiger charge is 2.08. The summed E-state index contributed by atoms with van der Waals surface area (Å²) < 4.78 is 7.30. The number of amides is 1. The first-order chi connectivity index (χ1) is 10.1. The van der Waals surface area contributed by atoms with Gasteiger partial charge in [0.05, 0.1) is 16.9 Å². The van der Waals surface area contributed by atoms with Crippen LogP contribution in [-0.4, -0.2) is 19.2 Å². The molecule has 0 saturated heterocycles. The van der Waals surface area contributed by atoms with Gasteiger partial charge in [-0.2, -0.15) is 5.10 Å². The Morgan fingerprint density at radius 3 is 2.57 bits per heavy atom. The highest BCUT2D eigenvalue weighted by Crippen LogP contribution is 2.21. The minimum Gasteiger partial charge on any atom is -0.496 e. The molecule has 0 fully saturated rings. The molecule has 0 aliphatic carbocycles. The summed E-state index contributed by atoms with van der Waals surface area (Å²) in [7, 11) is 1.58. The van der Waals surface area contributed by atoms with E-state index in [1.807, 2.05) is 30.3 Å². The van der Waals surface area contributed by atoms with E-state index in [0.717, 1.165) is 12.7 Å². The zero-order valence-corrected chi connectivity index (χ0v) is 15.5. The van der Waals surface area contributed by atoms with Crippen molar-refractivity contribution >= 4 is 57.3 Å². The summed E-state index contributed by atoms with van der Waals surface area (Å²) in [6.45, 7) is 0. The van der Waals surface area contributed by atoms with E-state index in [9.17, 15) is 4.79 Å². The molecule has 2 rings (SSSR count). The number of methoxy groups -OCH3 is 1. The third-order valence-electron chi connectivity index (χ3n) is 2.66. The van der Waals surface area contributed by atoms with Crippen molar-refractivity contribution in [2.45, 2.75) is 0 Å². The van der Waals surface area contributed by atoms with Crippen molar-refractivity contribution in [1.82, 2.24) is 5.43 Å².